The summed E-state index contributed by atoms with van der Waals surface area (Å²) in [6.07, 6.45) is 0. The molecule has 1 heterocycles. The second-order valence-corrected chi connectivity index (χ2v) is 11.4. The molecule has 1 fully saturated rings. The number of nitrogens with zero attached hydrogens (tertiary/aromatic N) is 1. The summed E-state index contributed by atoms with van der Waals surface area (Å²) < 4.78 is 5.94. The molecular formula is C31H32BrNO4. The predicted octanol–water partition coefficient (Wildman–Crippen LogP) is 6.99. The van der Waals surface area contributed by atoms with Gasteiger partial charge in [-0.15, -0.1) is 0 Å². The van der Waals surface area contributed by atoms with Crippen molar-refractivity contribution in [2.24, 2.45) is 0 Å². The lowest BCUT2D eigenvalue weighted by atomic mass is 9.85. The van der Waals surface area contributed by atoms with Crippen molar-refractivity contribution in [2.45, 2.75) is 52.6 Å². The van der Waals surface area contributed by atoms with E-state index in [-0.39, 0.29) is 23.3 Å². The lowest BCUT2D eigenvalue weighted by molar-refractivity contribution is -0.140. The molecule has 1 atom stereocenters. The molecule has 0 saturated carbocycles. The molecule has 1 N–H and O–H groups in total. The molecule has 1 unspecified atom stereocenters. The number of Topliss-reactive ketones (excluding diaryl/α,β-unsaturated/α-hetero) is 1. The number of carbonyl (C=O) groups excluding carboxylic acids is 2. The minimum absolute atomic E-state index is 0.0472. The molecule has 4 rings (SSSR count). The Morgan fingerprint density at radius 1 is 1.00 bits per heavy atom. The Balaban J connectivity index is 1.88. The van der Waals surface area contributed by atoms with Gasteiger partial charge in [-0.3, -0.25) is 9.59 Å². The summed E-state index contributed by atoms with van der Waals surface area (Å²) >= 11 is 3.45. The molecule has 3 aromatic rings. The highest BCUT2D eigenvalue weighted by Crippen LogP contribution is 2.42. The van der Waals surface area contributed by atoms with Crippen molar-refractivity contribution >= 4 is 33.4 Å². The van der Waals surface area contributed by atoms with Gasteiger partial charge in [-0.05, 0) is 75.6 Å². The van der Waals surface area contributed by atoms with Gasteiger partial charge < -0.3 is 14.7 Å². The number of hydrogen-bond acceptors (Lipinski definition) is 4. The van der Waals surface area contributed by atoms with Crippen molar-refractivity contribution < 1.29 is 19.4 Å². The maximum absolute atomic E-state index is 13.4. The average molecular weight is 563 g/mol. The van der Waals surface area contributed by atoms with Crippen LogP contribution in [0.25, 0.3) is 5.76 Å². The summed E-state index contributed by atoms with van der Waals surface area (Å²) in [5, 5.41) is 11.4. The monoisotopic (exact) mass is 561 g/mol. The molecule has 0 radical (unpaired) electrons. The van der Waals surface area contributed by atoms with Crippen molar-refractivity contribution in [2.75, 3.05) is 7.11 Å². The summed E-state index contributed by atoms with van der Waals surface area (Å²) in [5.74, 6) is -0.934. The number of rotatable bonds is 5. The van der Waals surface area contributed by atoms with Crippen LogP contribution in [0.15, 0.2) is 70.7 Å². The lowest BCUT2D eigenvalue weighted by Gasteiger charge is -2.27. The number of ether oxygens (including phenoxy) is 1. The molecule has 1 aliphatic rings. The second-order valence-electron chi connectivity index (χ2n) is 10.6. The minimum Gasteiger partial charge on any atom is -0.507 e. The zero-order valence-corrected chi connectivity index (χ0v) is 23.6. The van der Waals surface area contributed by atoms with E-state index in [4.69, 9.17) is 4.74 Å². The lowest BCUT2D eigenvalue weighted by Crippen LogP contribution is -2.29. The van der Waals surface area contributed by atoms with Crippen molar-refractivity contribution in [3.05, 3.63) is 104 Å². The predicted molar refractivity (Wildman–Crippen MR) is 150 cm³/mol. The van der Waals surface area contributed by atoms with Gasteiger partial charge in [-0.1, -0.05) is 68.8 Å². The molecule has 6 heteroatoms. The normalized spacial score (nSPS) is 17.4. The molecule has 1 aliphatic heterocycles. The number of halogens is 1. The van der Waals surface area contributed by atoms with Gasteiger partial charge in [0, 0.05) is 12.1 Å². The molecule has 192 valence electrons. The number of carbonyl (C=O) groups is 2. The molecule has 1 saturated heterocycles. The van der Waals surface area contributed by atoms with E-state index in [1.807, 2.05) is 56.3 Å². The second kappa shape index (κ2) is 10.2. The Labute approximate surface area is 226 Å². The van der Waals surface area contributed by atoms with E-state index in [2.05, 4.69) is 36.7 Å². The SMILES string of the molecule is COc1ccc(/C(O)=C2/C(=O)C(=O)N(Cc3cc(C)ccc3C)C2c2ccc(C(C)(C)C)cc2)cc1Br. The number of methoxy groups -OCH3 is 1. The highest BCUT2D eigenvalue weighted by Gasteiger charge is 2.46. The molecular weight excluding hydrogens is 530 g/mol. The maximum Gasteiger partial charge on any atom is 0.295 e. The van der Waals surface area contributed by atoms with Crippen molar-refractivity contribution in [3.63, 3.8) is 0 Å². The van der Waals surface area contributed by atoms with Crippen molar-refractivity contribution in [1.29, 1.82) is 0 Å². The van der Waals surface area contributed by atoms with Crippen LogP contribution in [0.2, 0.25) is 0 Å². The fraction of sp³-hybridized carbons (Fsp3) is 0.290. The average Bonchev–Trinajstić information content (AvgIpc) is 3.10. The number of benzene rings is 3. The molecule has 0 spiro atoms. The quantitative estimate of drug-likeness (QED) is 0.207. The molecule has 1 amide bonds. The number of aliphatic hydroxyl groups is 1. The number of ketones is 1. The summed E-state index contributed by atoms with van der Waals surface area (Å²) in [6.45, 7) is 10.7. The third-order valence-corrected chi connectivity index (χ3v) is 7.52. The summed E-state index contributed by atoms with van der Waals surface area (Å²) in [5.41, 5.74) is 5.44. The van der Waals surface area contributed by atoms with Crippen LogP contribution >= 0.6 is 15.9 Å². The molecule has 0 bridgehead atoms. The van der Waals surface area contributed by atoms with Crippen LogP contribution in [0.5, 0.6) is 5.75 Å². The van der Waals surface area contributed by atoms with Crippen LogP contribution in [0.4, 0.5) is 0 Å². The Morgan fingerprint density at radius 3 is 2.27 bits per heavy atom. The van der Waals surface area contributed by atoms with Crippen LogP contribution in [0.3, 0.4) is 0 Å². The Bertz CT molecular complexity index is 1400. The number of aliphatic hydroxyl groups excluding tert-OH is 1. The van der Waals surface area contributed by atoms with E-state index in [0.717, 1.165) is 27.8 Å². The smallest absolute Gasteiger partial charge is 0.295 e. The molecule has 3 aromatic carbocycles. The fourth-order valence-electron chi connectivity index (χ4n) is 4.68. The van der Waals surface area contributed by atoms with E-state index in [0.29, 0.717) is 15.8 Å². The Kier molecular flexibility index (Phi) is 7.33. The van der Waals surface area contributed by atoms with Gasteiger partial charge in [0.1, 0.15) is 11.5 Å². The van der Waals surface area contributed by atoms with Gasteiger partial charge in [-0.25, -0.2) is 0 Å². The molecule has 5 nitrogen and oxygen atoms in total. The van der Waals surface area contributed by atoms with Crippen LogP contribution in [-0.4, -0.2) is 28.8 Å². The summed E-state index contributed by atoms with van der Waals surface area (Å²) in [4.78, 5) is 28.4. The fourth-order valence-corrected chi connectivity index (χ4v) is 5.22. The molecule has 0 aliphatic carbocycles. The van der Waals surface area contributed by atoms with Crippen molar-refractivity contribution in [3.8, 4) is 5.75 Å². The van der Waals surface area contributed by atoms with Gasteiger partial charge in [0.25, 0.3) is 11.7 Å². The van der Waals surface area contributed by atoms with Crippen LogP contribution in [0, 0.1) is 13.8 Å². The molecule has 0 aromatic heterocycles. The van der Waals surface area contributed by atoms with Crippen LogP contribution in [0.1, 0.15) is 60.2 Å². The van der Waals surface area contributed by atoms with Crippen molar-refractivity contribution in [1.82, 2.24) is 4.90 Å². The number of aryl methyl sites for hydroxylation is 2. The number of amides is 1. The van der Waals surface area contributed by atoms with Crippen LogP contribution < -0.4 is 4.74 Å². The maximum atomic E-state index is 13.4. The zero-order chi connectivity index (χ0) is 27.1. The van der Waals surface area contributed by atoms with Gasteiger partial charge in [-0.2, -0.15) is 0 Å². The van der Waals surface area contributed by atoms with E-state index in [1.54, 1.807) is 30.2 Å². The van der Waals surface area contributed by atoms with Gasteiger partial charge in [0.15, 0.2) is 0 Å². The highest BCUT2D eigenvalue weighted by molar-refractivity contribution is 9.10. The first-order chi connectivity index (χ1) is 17.4. The third kappa shape index (κ3) is 5.21. The standard InChI is InChI=1S/C31H32BrNO4/c1-18-7-8-19(2)22(15-18)17-33-27(20-9-12-23(13-10-20)31(3,4)5)26(29(35)30(33)36)28(34)21-11-14-25(37-6)24(32)16-21/h7-16,27,34H,17H2,1-6H3/b28-26-. The van der Waals surface area contributed by atoms with E-state index < -0.39 is 17.7 Å². The van der Waals surface area contributed by atoms with E-state index in [1.165, 1.54) is 0 Å². The largest absolute Gasteiger partial charge is 0.507 e. The minimum atomic E-state index is -0.727. The first-order valence-electron chi connectivity index (χ1n) is 12.2. The molecule has 37 heavy (non-hydrogen) atoms. The summed E-state index contributed by atoms with van der Waals surface area (Å²) in [6, 6.07) is 18.4. The van der Waals surface area contributed by atoms with E-state index >= 15 is 0 Å². The van der Waals surface area contributed by atoms with Gasteiger partial charge in [0.05, 0.1) is 23.2 Å². The first kappa shape index (κ1) is 26.7. The Morgan fingerprint density at radius 2 is 1.68 bits per heavy atom. The first-order valence-corrected chi connectivity index (χ1v) is 13.0. The van der Waals surface area contributed by atoms with Gasteiger partial charge >= 0.3 is 0 Å². The van der Waals surface area contributed by atoms with Gasteiger partial charge in [0.2, 0.25) is 0 Å². The third-order valence-electron chi connectivity index (χ3n) is 6.90. The van der Waals surface area contributed by atoms with Crippen LogP contribution in [-0.2, 0) is 21.5 Å². The number of likely N-dealkylation sites (tertiary alicyclic amines) is 1. The number of hydrogen-bond donors (Lipinski definition) is 1. The summed E-state index contributed by atoms with van der Waals surface area (Å²) in [7, 11) is 1.56. The zero-order valence-electron chi connectivity index (χ0n) is 22.1. The highest BCUT2D eigenvalue weighted by atomic mass is 79.9. The van der Waals surface area contributed by atoms with E-state index in [9.17, 15) is 14.7 Å². The topological polar surface area (TPSA) is 66.8 Å². The Hall–Kier alpha value is -3.38.